The predicted molar refractivity (Wildman–Crippen MR) is 100 cm³/mol. The normalized spacial score (nSPS) is 11.0. The summed E-state index contributed by atoms with van der Waals surface area (Å²) in [6.07, 6.45) is 0. The van der Waals surface area contributed by atoms with Crippen LogP contribution in [0, 0.1) is 0 Å². The molecular weight excluding hydrogens is 374 g/mol. The van der Waals surface area contributed by atoms with Gasteiger partial charge in [-0.1, -0.05) is 29.8 Å². The number of halogens is 1. The van der Waals surface area contributed by atoms with Crippen molar-refractivity contribution >= 4 is 28.7 Å². The predicted octanol–water partition coefficient (Wildman–Crippen LogP) is 0.412. The van der Waals surface area contributed by atoms with Gasteiger partial charge in [0.1, 0.15) is 6.54 Å². The lowest BCUT2D eigenvalue weighted by molar-refractivity contribution is -0.121. The number of hydrogen-bond acceptors (Lipinski definition) is 5. The lowest BCUT2D eigenvalue weighted by Crippen LogP contribution is -2.38. The maximum Gasteiger partial charge on any atom is 0.332 e. The molecule has 9 nitrogen and oxygen atoms in total. The number of rotatable bonds is 5. The molecule has 10 heteroatoms. The molecule has 2 aromatic heterocycles. The van der Waals surface area contributed by atoms with E-state index in [2.05, 4.69) is 10.3 Å². The summed E-state index contributed by atoms with van der Waals surface area (Å²) in [5, 5.41) is 3.30. The topological polar surface area (TPSA) is 100 Å². The smallest absolute Gasteiger partial charge is 0.332 e. The number of methoxy groups -OCH3 is 1. The lowest BCUT2D eigenvalue weighted by atomic mass is 10.2. The summed E-state index contributed by atoms with van der Waals surface area (Å²) in [6, 6.07) is 7.23. The Morgan fingerprint density at radius 1 is 1.22 bits per heavy atom. The van der Waals surface area contributed by atoms with Crippen molar-refractivity contribution in [3.05, 3.63) is 55.7 Å². The Balaban J connectivity index is 1.94. The van der Waals surface area contributed by atoms with Gasteiger partial charge >= 0.3 is 5.69 Å². The molecule has 0 aliphatic heterocycles. The molecule has 0 aliphatic rings. The first kappa shape index (κ1) is 18.7. The van der Waals surface area contributed by atoms with Crippen LogP contribution >= 0.6 is 11.6 Å². The molecule has 0 spiro atoms. The number of aryl methyl sites for hydroxylation is 1. The number of imidazole rings is 1. The van der Waals surface area contributed by atoms with Gasteiger partial charge in [0.05, 0.1) is 7.11 Å². The molecule has 0 bridgehead atoms. The molecule has 27 heavy (non-hydrogen) atoms. The molecule has 0 unspecified atom stereocenters. The van der Waals surface area contributed by atoms with Gasteiger partial charge in [-0.2, -0.15) is 4.98 Å². The molecule has 1 aromatic carbocycles. The van der Waals surface area contributed by atoms with Crippen LogP contribution in [0.5, 0.6) is 6.01 Å². The molecular formula is C17H18ClN5O4. The molecule has 0 radical (unpaired) electrons. The molecule has 142 valence electrons. The van der Waals surface area contributed by atoms with E-state index in [9.17, 15) is 14.4 Å². The number of aromatic nitrogens is 4. The highest BCUT2D eigenvalue weighted by Gasteiger charge is 2.21. The van der Waals surface area contributed by atoms with Gasteiger partial charge in [0.25, 0.3) is 11.6 Å². The second-order valence-electron chi connectivity index (χ2n) is 5.93. The Labute approximate surface area is 158 Å². The van der Waals surface area contributed by atoms with Crippen LogP contribution in [0.2, 0.25) is 5.02 Å². The molecule has 3 aromatic rings. The summed E-state index contributed by atoms with van der Waals surface area (Å²) in [6.45, 7) is 0.0432. The molecule has 1 amide bonds. The van der Waals surface area contributed by atoms with Crippen LogP contribution in [0.25, 0.3) is 11.2 Å². The lowest BCUT2D eigenvalue weighted by Gasteiger charge is -2.10. The van der Waals surface area contributed by atoms with Crippen molar-refractivity contribution in [2.24, 2.45) is 14.1 Å². The quantitative estimate of drug-likeness (QED) is 0.679. The van der Waals surface area contributed by atoms with Crippen LogP contribution in [-0.4, -0.2) is 31.7 Å². The highest BCUT2D eigenvalue weighted by atomic mass is 35.5. The van der Waals surface area contributed by atoms with Crippen LogP contribution in [0.1, 0.15) is 5.56 Å². The largest absolute Gasteiger partial charge is 0.468 e. The van der Waals surface area contributed by atoms with Crippen LogP contribution in [0.4, 0.5) is 0 Å². The average molecular weight is 392 g/mol. The number of ether oxygens (including phenoxy) is 1. The highest BCUT2D eigenvalue weighted by molar-refractivity contribution is 6.31. The van der Waals surface area contributed by atoms with Crippen LogP contribution in [-0.2, 0) is 32.0 Å². The SMILES string of the molecule is COc1nc2c(c(=O)n(C)c(=O)n2C)n1CC(=O)NCc1ccccc1Cl. The number of benzene rings is 1. The molecule has 3 rings (SSSR count). The van der Waals surface area contributed by atoms with Gasteiger partial charge in [0, 0.05) is 25.7 Å². The Morgan fingerprint density at radius 3 is 2.59 bits per heavy atom. The van der Waals surface area contributed by atoms with E-state index in [0.717, 1.165) is 10.1 Å². The Hall–Kier alpha value is -3.07. The van der Waals surface area contributed by atoms with Gasteiger partial charge in [0.15, 0.2) is 11.2 Å². The van der Waals surface area contributed by atoms with Crippen molar-refractivity contribution in [3.8, 4) is 6.01 Å². The third kappa shape index (κ3) is 3.33. The van der Waals surface area contributed by atoms with E-state index in [0.29, 0.717) is 5.02 Å². The minimum atomic E-state index is -0.553. The first-order valence-corrected chi connectivity index (χ1v) is 8.43. The number of nitrogens with one attached hydrogen (secondary N) is 1. The van der Waals surface area contributed by atoms with E-state index in [-0.39, 0.29) is 36.2 Å². The number of amides is 1. The Morgan fingerprint density at radius 2 is 1.93 bits per heavy atom. The minimum absolute atomic E-state index is 0.0659. The summed E-state index contributed by atoms with van der Waals surface area (Å²) in [7, 11) is 4.24. The zero-order valence-corrected chi connectivity index (χ0v) is 15.8. The van der Waals surface area contributed by atoms with E-state index in [1.54, 1.807) is 18.2 Å². The van der Waals surface area contributed by atoms with Gasteiger partial charge in [-0.3, -0.25) is 23.3 Å². The summed E-state index contributed by atoms with van der Waals surface area (Å²) in [4.78, 5) is 41.2. The van der Waals surface area contributed by atoms with Gasteiger partial charge in [-0.15, -0.1) is 0 Å². The molecule has 0 saturated carbocycles. The first-order valence-electron chi connectivity index (χ1n) is 8.05. The second kappa shape index (κ2) is 7.28. The molecule has 1 N–H and O–H groups in total. The van der Waals surface area contributed by atoms with E-state index in [1.165, 1.54) is 30.3 Å². The Kier molecular flexibility index (Phi) is 5.04. The zero-order valence-electron chi connectivity index (χ0n) is 15.0. The van der Waals surface area contributed by atoms with Crippen molar-refractivity contribution < 1.29 is 9.53 Å². The minimum Gasteiger partial charge on any atom is -0.468 e. The van der Waals surface area contributed by atoms with E-state index in [4.69, 9.17) is 16.3 Å². The third-order valence-electron chi connectivity index (χ3n) is 4.23. The molecule has 0 fully saturated rings. The van der Waals surface area contributed by atoms with Crippen molar-refractivity contribution in [1.29, 1.82) is 0 Å². The monoisotopic (exact) mass is 391 g/mol. The Bertz CT molecular complexity index is 1140. The van der Waals surface area contributed by atoms with Crippen molar-refractivity contribution in [2.45, 2.75) is 13.1 Å². The standard InChI is InChI=1S/C17H18ClN5O4/c1-21-14-13(15(25)22(2)17(21)26)23(16(20-14)27-3)9-12(24)19-8-10-6-4-5-7-11(10)18/h4-7H,8-9H2,1-3H3,(H,19,24). The maximum absolute atomic E-state index is 12.5. The average Bonchev–Trinajstić information content (AvgIpc) is 3.02. The molecule has 0 atom stereocenters. The summed E-state index contributed by atoms with van der Waals surface area (Å²) < 4.78 is 8.73. The summed E-state index contributed by atoms with van der Waals surface area (Å²) in [5.41, 5.74) is -0.0257. The highest BCUT2D eigenvalue weighted by Crippen LogP contribution is 2.17. The fourth-order valence-corrected chi connectivity index (χ4v) is 2.97. The van der Waals surface area contributed by atoms with Crippen LogP contribution in [0.3, 0.4) is 0 Å². The van der Waals surface area contributed by atoms with Gasteiger partial charge in [-0.25, -0.2) is 4.79 Å². The number of carbonyl (C=O) groups is 1. The molecule has 0 aliphatic carbocycles. The van der Waals surface area contributed by atoms with Crippen molar-refractivity contribution in [1.82, 2.24) is 24.0 Å². The fraction of sp³-hybridized carbons (Fsp3) is 0.294. The molecule has 2 heterocycles. The number of nitrogens with zero attached hydrogens (tertiary/aromatic N) is 4. The van der Waals surface area contributed by atoms with E-state index in [1.807, 2.05) is 6.07 Å². The number of hydrogen-bond donors (Lipinski definition) is 1. The number of fused-ring (bicyclic) bond motifs is 1. The maximum atomic E-state index is 12.5. The van der Waals surface area contributed by atoms with Gasteiger partial charge in [-0.05, 0) is 11.6 Å². The van der Waals surface area contributed by atoms with E-state index >= 15 is 0 Å². The fourth-order valence-electron chi connectivity index (χ4n) is 2.76. The van der Waals surface area contributed by atoms with E-state index < -0.39 is 11.2 Å². The van der Waals surface area contributed by atoms with Crippen LogP contribution in [0.15, 0.2) is 33.9 Å². The summed E-state index contributed by atoms with van der Waals surface area (Å²) >= 11 is 6.08. The zero-order chi connectivity index (χ0) is 19.7. The summed E-state index contributed by atoms with van der Waals surface area (Å²) in [5.74, 6) is -0.358. The molecule has 0 saturated heterocycles. The van der Waals surface area contributed by atoms with Gasteiger partial charge < -0.3 is 10.1 Å². The van der Waals surface area contributed by atoms with Crippen LogP contribution < -0.4 is 21.3 Å². The second-order valence-corrected chi connectivity index (χ2v) is 6.34. The number of carbonyl (C=O) groups excluding carboxylic acids is 1. The third-order valence-corrected chi connectivity index (χ3v) is 4.60. The van der Waals surface area contributed by atoms with Gasteiger partial charge in [0.2, 0.25) is 5.91 Å². The van der Waals surface area contributed by atoms with Crippen molar-refractivity contribution in [2.75, 3.05) is 7.11 Å². The first-order chi connectivity index (χ1) is 12.8. The van der Waals surface area contributed by atoms with Crippen molar-refractivity contribution in [3.63, 3.8) is 0 Å².